The van der Waals surface area contributed by atoms with Crippen LogP contribution < -0.4 is 5.73 Å². The van der Waals surface area contributed by atoms with E-state index in [2.05, 4.69) is 11.9 Å². The first-order valence-electron chi connectivity index (χ1n) is 3.95. The number of imidazole rings is 1. The fourth-order valence-corrected chi connectivity index (χ4v) is 1.45. The van der Waals surface area contributed by atoms with Crippen LogP contribution in [0.4, 0.5) is 0 Å². The summed E-state index contributed by atoms with van der Waals surface area (Å²) >= 11 is 0. The summed E-state index contributed by atoms with van der Waals surface area (Å²) < 4.78 is 2.05. The third-order valence-corrected chi connectivity index (χ3v) is 2.54. The Morgan fingerprint density at radius 3 is 3.00 bits per heavy atom. The number of hydrogen-bond donors (Lipinski definition) is 1. The van der Waals surface area contributed by atoms with E-state index in [1.807, 2.05) is 17.1 Å². The van der Waals surface area contributed by atoms with E-state index in [-0.39, 0.29) is 5.54 Å². The average Bonchev–Trinajstić information content (AvgIpc) is 2.43. The Morgan fingerprint density at radius 1 is 1.82 bits per heavy atom. The minimum atomic E-state index is 0.0562. The molecule has 11 heavy (non-hydrogen) atoms. The number of nitrogens with zero attached hydrogens (tertiary/aromatic N) is 2. The van der Waals surface area contributed by atoms with Crippen LogP contribution in [-0.2, 0) is 6.54 Å². The zero-order valence-electron chi connectivity index (χ0n) is 6.70. The minimum Gasteiger partial charge on any atom is -0.336 e. The Bertz CT molecular complexity index is 242. The third-order valence-electron chi connectivity index (χ3n) is 2.54. The first kappa shape index (κ1) is 6.85. The minimum absolute atomic E-state index is 0.0562. The van der Waals surface area contributed by atoms with E-state index in [4.69, 9.17) is 5.73 Å². The molecule has 2 atom stereocenters. The van der Waals surface area contributed by atoms with Crippen molar-refractivity contribution < 1.29 is 0 Å². The average molecular weight is 151 g/mol. The molecule has 1 aromatic rings. The van der Waals surface area contributed by atoms with Gasteiger partial charge in [-0.25, -0.2) is 4.98 Å². The molecule has 0 aromatic carbocycles. The van der Waals surface area contributed by atoms with Crippen LogP contribution in [0.25, 0.3) is 0 Å². The molecule has 2 rings (SSSR count). The molecule has 0 radical (unpaired) electrons. The van der Waals surface area contributed by atoms with Crippen LogP contribution in [0.2, 0.25) is 0 Å². The molecule has 0 amide bonds. The molecule has 2 N–H and O–H groups in total. The maximum absolute atomic E-state index is 6.03. The molecule has 1 saturated carbocycles. The second kappa shape index (κ2) is 2.08. The van der Waals surface area contributed by atoms with Gasteiger partial charge in [0, 0.05) is 24.5 Å². The molecule has 2 unspecified atom stereocenters. The quantitative estimate of drug-likeness (QED) is 0.673. The largest absolute Gasteiger partial charge is 0.336 e. The van der Waals surface area contributed by atoms with Gasteiger partial charge in [-0.2, -0.15) is 0 Å². The molecule has 1 fully saturated rings. The molecule has 0 aliphatic heterocycles. The third kappa shape index (κ3) is 1.16. The molecule has 1 aliphatic carbocycles. The molecule has 3 nitrogen and oxygen atoms in total. The summed E-state index contributed by atoms with van der Waals surface area (Å²) in [6, 6.07) is 0. The van der Waals surface area contributed by atoms with Gasteiger partial charge in [0.2, 0.25) is 0 Å². The Kier molecular flexibility index (Phi) is 1.29. The van der Waals surface area contributed by atoms with Crippen LogP contribution in [-0.4, -0.2) is 15.1 Å². The normalized spacial score (nSPS) is 35.6. The molecule has 1 aromatic heterocycles. The molecule has 0 bridgehead atoms. The SMILES string of the molecule is CC1CC1(N)Cn1ccnc1. The number of hydrogen-bond acceptors (Lipinski definition) is 2. The van der Waals surface area contributed by atoms with Crippen LogP contribution in [0, 0.1) is 5.92 Å². The Labute approximate surface area is 66.2 Å². The van der Waals surface area contributed by atoms with Crippen molar-refractivity contribution in [1.82, 2.24) is 9.55 Å². The lowest BCUT2D eigenvalue weighted by atomic mass is 10.2. The fourth-order valence-electron chi connectivity index (χ4n) is 1.45. The standard InChI is InChI=1S/C8H13N3/c1-7-4-8(7,9)5-11-3-2-10-6-11/h2-3,6-7H,4-5,9H2,1H3. The molecule has 3 heteroatoms. The highest BCUT2D eigenvalue weighted by Gasteiger charge is 2.47. The highest BCUT2D eigenvalue weighted by Crippen LogP contribution is 2.41. The monoisotopic (exact) mass is 151 g/mol. The predicted molar refractivity (Wildman–Crippen MR) is 42.9 cm³/mol. The van der Waals surface area contributed by atoms with Crippen LogP contribution >= 0.6 is 0 Å². The van der Waals surface area contributed by atoms with Crippen LogP contribution in [0.3, 0.4) is 0 Å². The topological polar surface area (TPSA) is 43.8 Å². The van der Waals surface area contributed by atoms with Crippen molar-refractivity contribution in [2.75, 3.05) is 0 Å². The maximum atomic E-state index is 6.03. The van der Waals surface area contributed by atoms with Crippen LogP contribution in [0.15, 0.2) is 18.7 Å². The number of aromatic nitrogens is 2. The van der Waals surface area contributed by atoms with Gasteiger partial charge in [0.25, 0.3) is 0 Å². The van der Waals surface area contributed by atoms with Crippen molar-refractivity contribution in [1.29, 1.82) is 0 Å². The van der Waals surface area contributed by atoms with Crippen LogP contribution in [0.1, 0.15) is 13.3 Å². The molecule has 1 heterocycles. The summed E-state index contributed by atoms with van der Waals surface area (Å²) in [4.78, 5) is 3.97. The Balaban J connectivity index is 2.02. The van der Waals surface area contributed by atoms with E-state index in [9.17, 15) is 0 Å². The second-order valence-electron chi connectivity index (χ2n) is 3.57. The van der Waals surface area contributed by atoms with Crippen molar-refractivity contribution >= 4 is 0 Å². The summed E-state index contributed by atoms with van der Waals surface area (Å²) in [5.74, 6) is 0.671. The Hall–Kier alpha value is -0.830. The van der Waals surface area contributed by atoms with E-state index >= 15 is 0 Å². The van der Waals surface area contributed by atoms with Crippen molar-refractivity contribution in [3.63, 3.8) is 0 Å². The van der Waals surface area contributed by atoms with Gasteiger partial charge in [0.05, 0.1) is 6.33 Å². The number of nitrogens with two attached hydrogens (primary N) is 1. The molecule has 60 valence electrons. The summed E-state index contributed by atoms with van der Waals surface area (Å²) in [5, 5.41) is 0. The van der Waals surface area contributed by atoms with Gasteiger partial charge < -0.3 is 10.3 Å². The highest BCUT2D eigenvalue weighted by atomic mass is 15.1. The fraction of sp³-hybridized carbons (Fsp3) is 0.625. The maximum Gasteiger partial charge on any atom is 0.0946 e. The summed E-state index contributed by atoms with van der Waals surface area (Å²) in [6.07, 6.45) is 6.71. The Morgan fingerprint density at radius 2 is 2.55 bits per heavy atom. The number of rotatable bonds is 2. The van der Waals surface area contributed by atoms with Gasteiger partial charge in [0.1, 0.15) is 0 Å². The van der Waals surface area contributed by atoms with Crippen molar-refractivity contribution in [3.8, 4) is 0 Å². The van der Waals surface area contributed by atoms with E-state index in [1.165, 1.54) is 0 Å². The first-order valence-corrected chi connectivity index (χ1v) is 3.95. The van der Waals surface area contributed by atoms with E-state index in [0.717, 1.165) is 13.0 Å². The lowest BCUT2D eigenvalue weighted by molar-refractivity contribution is 0.509. The van der Waals surface area contributed by atoms with E-state index in [0.29, 0.717) is 5.92 Å². The molecular formula is C8H13N3. The van der Waals surface area contributed by atoms with Crippen LogP contribution in [0.5, 0.6) is 0 Å². The smallest absolute Gasteiger partial charge is 0.0946 e. The van der Waals surface area contributed by atoms with Crippen molar-refractivity contribution in [2.45, 2.75) is 25.4 Å². The summed E-state index contributed by atoms with van der Waals surface area (Å²) in [6.45, 7) is 3.10. The van der Waals surface area contributed by atoms with Gasteiger partial charge in [-0.15, -0.1) is 0 Å². The predicted octanol–water partition coefficient (Wildman–Crippen LogP) is 0.620. The zero-order chi connectivity index (χ0) is 7.90. The molecular weight excluding hydrogens is 138 g/mol. The van der Waals surface area contributed by atoms with Gasteiger partial charge >= 0.3 is 0 Å². The lowest BCUT2D eigenvalue weighted by Gasteiger charge is -2.09. The van der Waals surface area contributed by atoms with Gasteiger partial charge in [-0.1, -0.05) is 6.92 Å². The highest BCUT2D eigenvalue weighted by molar-refractivity contribution is 5.05. The van der Waals surface area contributed by atoms with E-state index in [1.54, 1.807) is 6.20 Å². The second-order valence-corrected chi connectivity index (χ2v) is 3.57. The zero-order valence-corrected chi connectivity index (χ0v) is 6.70. The molecule has 1 aliphatic rings. The summed E-state index contributed by atoms with van der Waals surface area (Å²) in [5.41, 5.74) is 6.09. The molecule has 0 saturated heterocycles. The van der Waals surface area contributed by atoms with Gasteiger partial charge in [0.15, 0.2) is 0 Å². The first-order chi connectivity index (χ1) is 5.21. The van der Waals surface area contributed by atoms with Gasteiger partial charge in [-0.3, -0.25) is 0 Å². The van der Waals surface area contributed by atoms with Gasteiger partial charge in [-0.05, 0) is 12.3 Å². The molecule has 0 spiro atoms. The van der Waals surface area contributed by atoms with Crippen molar-refractivity contribution in [3.05, 3.63) is 18.7 Å². The van der Waals surface area contributed by atoms with E-state index < -0.39 is 0 Å². The van der Waals surface area contributed by atoms with Crippen molar-refractivity contribution in [2.24, 2.45) is 11.7 Å². The summed E-state index contributed by atoms with van der Waals surface area (Å²) in [7, 11) is 0. The lowest BCUT2D eigenvalue weighted by Crippen LogP contribution is -2.29.